The number of benzene rings is 1. The second-order valence-corrected chi connectivity index (χ2v) is 4.33. The van der Waals surface area contributed by atoms with Crippen LogP contribution in [0.3, 0.4) is 0 Å². The fourth-order valence-corrected chi connectivity index (χ4v) is 2.15. The number of nitrogens with one attached hydrogen (secondary N) is 1. The molecule has 86 valence electrons. The van der Waals surface area contributed by atoms with Gasteiger partial charge in [-0.25, -0.2) is 4.79 Å². The van der Waals surface area contributed by atoms with Gasteiger partial charge in [0.25, 0.3) is 0 Å². The van der Waals surface area contributed by atoms with Gasteiger partial charge < -0.3 is 9.15 Å². The number of oxazole rings is 1. The van der Waals surface area contributed by atoms with Crippen LogP contribution in [0.5, 0.6) is 0 Å². The lowest BCUT2D eigenvalue weighted by molar-refractivity contribution is -0.0576. The van der Waals surface area contributed by atoms with E-state index < -0.39 is 5.76 Å². The van der Waals surface area contributed by atoms with E-state index in [2.05, 4.69) is 11.1 Å². The lowest BCUT2D eigenvalue weighted by atomic mass is 9.76. The number of nitrogens with zero attached hydrogens (tertiary/aromatic N) is 1. The highest BCUT2D eigenvalue weighted by Crippen LogP contribution is 2.36. The van der Waals surface area contributed by atoms with Crippen molar-refractivity contribution < 1.29 is 9.15 Å². The van der Waals surface area contributed by atoms with Crippen LogP contribution in [0.4, 0.5) is 0 Å². The second-order valence-electron chi connectivity index (χ2n) is 4.33. The monoisotopic (exact) mass is 230 g/mol. The lowest BCUT2D eigenvalue weighted by Crippen LogP contribution is -2.46. The second kappa shape index (κ2) is 3.47. The molecule has 2 heterocycles. The van der Waals surface area contributed by atoms with Crippen LogP contribution in [0.25, 0.3) is 11.1 Å². The standard InChI is InChI=1S/C12H10N2O3/c13-4-3-12(6-16-7-12)8-1-2-9-10(5-8)17-11(15)14-9/h1-2,5H,3,6-7H2,(H,14,15). The van der Waals surface area contributed by atoms with Crippen LogP contribution in [-0.4, -0.2) is 18.2 Å². The van der Waals surface area contributed by atoms with Crippen LogP contribution in [0.1, 0.15) is 12.0 Å². The van der Waals surface area contributed by atoms with Crippen LogP contribution >= 0.6 is 0 Å². The molecule has 5 nitrogen and oxygen atoms in total. The molecule has 0 amide bonds. The first-order valence-electron chi connectivity index (χ1n) is 5.32. The van der Waals surface area contributed by atoms with E-state index in [0.29, 0.717) is 30.7 Å². The maximum absolute atomic E-state index is 11.1. The van der Waals surface area contributed by atoms with E-state index in [4.69, 9.17) is 14.4 Å². The van der Waals surface area contributed by atoms with E-state index in [1.54, 1.807) is 6.07 Å². The van der Waals surface area contributed by atoms with Crippen molar-refractivity contribution in [2.24, 2.45) is 0 Å². The van der Waals surface area contributed by atoms with Gasteiger partial charge in [-0.05, 0) is 17.7 Å². The number of rotatable bonds is 2. The zero-order chi connectivity index (χ0) is 11.9. The van der Waals surface area contributed by atoms with Gasteiger partial charge in [0.1, 0.15) is 0 Å². The summed E-state index contributed by atoms with van der Waals surface area (Å²) in [6.45, 7) is 1.08. The predicted octanol–water partition coefficient (Wildman–Crippen LogP) is 1.30. The minimum absolute atomic E-state index is 0.237. The van der Waals surface area contributed by atoms with Gasteiger partial charge in [0.05, 0.1) is 30.2 Å². The number of ether oxygens (including phenoxy) is 1. The van der Waals surface area contributed by atoms with Gasteiger partial charge in [-0.2, -0.15) is 5.26 Å². The minimum Gasteiger partial charge on any atom is -0.408 e. The summed E-state index contributed by atoms with van der Waals surface area (Å²) in [7, 11) is 0. The zero-order valence-electron chi connectivity index (χ0n) is 9.03. The third-order valence-corrected chi connectivity index (χ3v) is 3.21. The first-order valence-corrected chi connectivity index (χ1v) is 5.32. The summed E-state index contributed by atoms with van der Waals surface area (Å²) in [6, 6.07) is 7.70. The first-order chi connectivity index (χ1) is 8.23. The smallest absolute Gasteiger partial charge is 0.408 e. The Hall–Kier alpha value is -2.06. The van der Waals surface area contributed by atoms with E-state index >= 15 is 0 Å². The lowest BCUT2D eigenvalue weighted by Gasteiger charge is -2.40. The van der Waals surface area contributed by atoms with E-state index in [0.717, 1.165) is 5.56 Å². The maximum Gasteiger partial charge on any atom is 0.417 e. The highest BCUT2D eigenvalue weighted by atomic mass is 16.5. The van der Waals surface area contributed by atoms with Crippen molar-refractivity contribution in [1.82, 2.24) is 4.98 Å². The minimum atomic E-state index is -0.462. The average molecular weight is 230 g/mol. The third kappa shape index (κ3) is 1.46. The molecule has 17 heavy (non-hydrogen) atoms. The van der Waals surface area contributed by atoms with Gasteiger partial charge >= 0.3 is 5.76 Å². The first kappa shape index (κ1) is 10.1. The van der Waals surface area contributed by atoms with Crippen LogP contribution in [0.2, 0.25) is 0 Å². The van der Waals surface area contributed by atoms with Gasteiger partial charge in [-0.3, -0.25) is 4.98 Å². The Kier molecular flexibility index (Phi) is 2.06. The molecular weight excluding hydrogens is 220 g/mol. The van der Waals surface area contributed by atoms with E-state index in [1.807, 2.05) is 12.1 Å². The molecule has 1 aromatic heterocycles. The zero-order valence-corrected chi connectivity index (χ0v) is 9.03. The summed E-state index contributed by atoms with van der Waals surface area (Å²) in [5.74, 6) is -0.462. The molecular formula is C12H10N2O3. The van der Waals surface area contributed by atoms with Crippen molar-refractivity contribution in [2.45, 2.75) is 11.8 Å². The molecule has 5 heteroatoms. The molecule has 0 bridgehead atoms. The van der Waals surface area contributed by atoms with Crippen LogP contribution in [-0.2, 0) is 10.2 Å². The van der Waals surface area contributed by atoms with Crippen molar-refractivity contribution in [3.63, 3.8) is 0 Å². The van der Waals surface area contributed by atoms with Crippen molar-refractivity contribution >= 4 is 11.1 Å². The molecule has 0 atom stereocenters. The number of nitriles is 1. The molecule has 1 saturated heterocycles. The maximum atomic E-state index is 11.1. The van der Waals surface area contributed by atoms with Gasteiger partial charge in [-0.1, -0.05) is 6.07 Å². The molecule has 1 aromatic carbocycles. The molecule has 1 N–H and O–H groups in total. The SMILES string of the molecule is N#CCC1(c2ccc3[nH]c(=O)oc3c2)COC1. The number of hydrogen-bond acceptors (Lipinski definition) is 4. The van der Waals surface area contributed by atoms with E-state index in [1.165, 1.54) is 0 Å². The Balaban J connectivity index is 2.11. The quantitative estimate of drug-likeness (QED) is 0.843. The molecule has 1 aliphatic heterocycles. The van der Waals surface area contributed by atoms with E-state index in [-0.39, 0.29) is 5.41 Å². The molecule has 1 fully saturated rings. The van der Waals surface area contributed by atoms with Gasteiger partial charge in [0.2, 0.25) is 0 Å². The number of aromatic amines is 1. The molecule has 0 aliphatic carbocycles. The Morgan fingerprint density at radius 1 is 1.47 bits per heavy atom. The number of aromatic nitrogens is 1. The number of hydrogen-bond donors (Lipinski definition) is 1. The van der Waals surface area contributed by atoms with Crippen molar-refractivity contribution in [2.75, 3.05) is 13.2 Å². The summed E-state index contributed by atoms with van der Waals surface area (Å²) in [5.41, 5.74) is 1.95. The predicted molar refractivity (Wildman–Crippen MR) is 59.6 cm³/mol. The average Bonchev–Trinajstić information content (AvgIpc) is 2.62. The van der Waals surface area contributed by atoms with Crippen molar-refractivity contribution in [3.8, 4) is 6.07 Å². The summed E-state index contributed by atoms with van der Waals surface area (Å²) in [6.07, 6.45) is 0.410. The van der Waals surface area contributed by atoms with Crippen molar-refractivity contribution in [3.05, 3.63) is 34.3 Å². The topological polar surface area (TPSA) is 79.0 Å². The summed E-state index contributed by atoms with van der Waals surface area (Å²) in [5, 5.41) is 8.86. The van der Waals surface area contributed by atoms with Gasteiger partial charge in [-0.15, -0.1) is 0 Å². The highest BCUT2D eigenvalue weighted by Gasteiger charge is 2.40. The fraction of sp³-hybridized carbons (Fsp3) is 0.333. The van der Waals surface area contributed by atoms with Crippen LogP contribution in [0, 0.1) is 11.3 Å². The molecule has 0 saturated carbocycles. The number of fused-ring (bicyclic) bond motifs is 1. The normalized spacial score (nSPS) is 17.6. The molecule has 2 aromatic rings. The Morgan fingerprint density at radius 3 is 2.94 bits per heavy atom. The molecule has 0 unspecified atom stereocenters. The Morgan fingerprint density at radius 2 is 2.29 bits per heavy atom. The van der Waals surface area contributed by atoms with E-state index in [9.17, 15) is 4.79 Å². The molecule has 0 radical (unpaired) electrons. The molecule has 0 spiro atoms. The van der Waals surface area contributed by atoms with Gasteiger partial charge in [0, 0.05) is 6.42 Å². The largest absolute Gasteiger partial charge is 0.417 e. The van der Waals surface area contributed by atoms with Crippen LogP contribution < -0.4 is 5.76 Å². The van der Waals surface area contributed by atoms with Gasteiger partial charge in [0.15, 0.2) is 5.58 Å². The summed E-state index contributed by atoms with van der Waals surface area (Å²) in [4.78, 5) is 13.6. The van der Waals surface area contributed by atoms with Crippen molar-refractivity contribution in [1.29, 1.82) is 5.26 Å². The third-order valence-electron chi connectivity index (χ3n) is 3.21. The Bertz CT molecular complexity index is 658. The molecule has 3 rings (SSSR count). The van der Waals surface area contributed by atoms with Crippen LogP contribution in [0.15, 0.2) is 27.4 Å². The summed E-state index contributed by atoms with van der Waals surface area (Å²) < 4.78 is 10.2. The molecule has 1 aliphatic rings. The Labute approximate surface area is 96.6 Å². The highest BCUT2D eigenvalue weighted by molar-refractivity contribution is 5.73. The summed E-state index contributed by atoms with van der Waals surface area (Å²) >= 11 is 0. The number of H-pyrrole nitrogens is 1. The fourth-order valence-electron chi connectivity index (χ4n) is 2.15.